The number of carbonyl (C=O) groups excluding carboxylic acids is 1. The Balaban J connectivity index is 0.000000210. The molecular formula is C21H25FN4O2S2. The molecule has 0 radical (unpaired) electrons. The molecule has 0 bridgehead atoms. The van der Waals surface area contributed by atoms with Crippen LogP contribution in [0.25, 0.3) is 11.1 Å². The Hall–Kier alpha value is -2.49. The first-order chi connectivity index (χ1) is 14.2. The van der Waals surface area contributed by atoms with E-state index in [0.29, 0.717) is 16.3 Å². The van der Waals surface area contributed by atoms with Crippen LogP contribution in [-0.2, 0) is 23.2 Å². The van der Waals surface area contributed by atoms with E-state index in [1.54, 1.807) is 44.6 Å². The van der Waals surface area contributed by atoms with Gasteiger partial charge in [-0.05, 0) is 68.0 Å². The van der Waals surface area contributed by atoms with Crippen LogP contribution < -0.4 is 11.5 Å². The van der Waals surface area contributed by atoms with Gasteiger partial charge in [-0.3, -0.25) is 9.78 Å². The zero-order valence-electron chi connectivity index (χ0n) is 16.8. The van der Waals surface area contributed by atoms with Crippen molar-refractivity contribution in [3.05, 3.63) is 58.7 Å². The van der Waals surface area contributed by atoms with Crippen LogP contribution in [0.2, 0.25) is 0 Å². The highest BCUT2D eigenvalue weighted by molar-refractivity contribution is 7.82. The summed E-state index contributed by atoms with van der Waals surface area (Å²) < 4.78 is 15.3. The zero-order valence-corrected chi connectivity index (χ0v) is 18.5. The van der Waals surface area contributed by atoms with E-state index in [-0.39, 0.29) is 12.2 Å². The third kappa shape index (κ3) is 6.01. The van der Waals surface area contributed by atoms with Crippen molar-refractivity contribution in [1.82, 2.24) is 9.97 Å². The summed E-state index contributed by atoms with van der Waals surface area (Å²) in [6.45, 7) is 3.41. The first-order valence-corrected chi connectivity index (χ1v) is 10.5. The number of anilines is 1. The second kappa shape index (κ2) is 10.5. The van der Waals surface area contributed by atoms with E-state index in [0.717, 1.165) is 40.2 Å². The van der Waals surface area contributed by atoms with Crippen LogP contribution in [0, 0.1) is 5.82 Å². The topological polar surface area (TPSA) is 115 Å². The number of benzene rings is 1. The number of hydrogen-bond donors (Lipinski definition) is 4. The molecule has 1 aliphatic carbocycles. The molecule has 3 aromatic rings. The van der Waals surface area contributed by atoms with Crippen LogP contribution in [0.4, 0.5) is 10.1 Å². The molecule has 2 heterocycles. The number of thiazole rings is 1. The minimum absolute atomic E-state index is 0.149. The first-order valence-electron chi connectivity index (χ1n) is 9.22. The highest BCUT2D eigenvalue weighted by atomic mass is 32.2. The molecule has 0 fully saturated rings. The van der Waals surface area contributed by atoms with Crippen molar-refractivity contribution in [3.8, 4) is 11.1 Å². The molecule has 0 atom stereocenters. The number of halogens is 1. The number of primary amides is 1. The summed E-state index contributed by atoms with van der Waals surface area (Å²) in [5, 5.41) is 10.1. The number of aliphatic hydroxyl groups is 1. The SMILES string of the molecule is CC(C)(O)c1ncc(S)s1.NC=O.Nc1cc2c(c(F)c1-c1ccncc1)CCC2. The summed E-state index contributed by atoms with van der Waals surface area (Å²) in [5.74, 6) is -0.149. The fourth-order valence-corrected chi connectivity index (χ4v) is 4.05. The number of nitrogen functional groups attached to an aromatic ring is 1. The van der Waals surface area contributed by atoms with Crippen molar-refractivity contribution in [2.45, 2.75) is 42.9 Å². The number of amides is 1. The summed E-state index contributed by atoms with van der Waals surface area (Å²) >= 11 is 5.48. The highest BCUT2D eigenvalue weighted by Gasteiger charge is 2.21. The van der Waals surface area contributed by atoms with Gasteiger partial charge in [0.05, 0.1) is 10.4 Å². The lowest BCUT2D eigenvalue weighted by molar-refractivity contribution is -0.106. The van der Waals surface area contributed by atoms with Gasteiger partial charge in [0.1, 0.15) is 16.4 Å². The number of fused-ring (bicyclic) bond motifs is 1. The first kappa shape index (κ1) is 23.8. The normalized spacial score (nSPS) is 12.2. The molecule has 1 amide bonds. The van der Waals surface area contributed by atoms with E-state index >= 15 is 0 Å². The number of rotatable bonds is 2. The average Bonchev–Trinajstić information content (AvgIpc) is 3.33. The molecule has 1 aromatic carbocycles. The van der Waals surface area contributed by atoms with Gasteiger partial charge in [0.2, 0.25) is 6.41 Å². The van der Waals surface area contributed by atoms with Gasteiger partial charge >= 0.3 is 0 Å². The lowest BCUT2D eigenvalue weighted by Gasteiger charge is -2.11. The van der Waals surface area contributed by atoms with E-state index in [1.165, 1.54) is 11.3 Å². The monoisotopic (exact) mass is 448 g/mol. The summed E-state index contributed by atoms with van der Waals surface area (Å²) in [6, 6.07) is 5.49. The number of aromatic nitrogens is 2. The van der Waals surface area contributed by atoms with Crippen molar-refractivity contribution >= 4 is 36.1 Å². The fraction of sp³-hybridized carbons (Fsp3) is 0.286. The molecule has 5 N–H and O–H groups in total. The Bertz CT molecular complexity index is 989. The number of hydrogen-bond acceptors (Lipinski definition) is 7. The van der Waals surface area contributed by atoms with Gasteiger partial charge in [0.15, 0.2) is 0 Å². The molecule has 0 aliphatic heterocycles. The predicted octanol–water partition coefficient (Wildman–Crippen LogP) is 3.72. The van der Waals surface area contributed by atoms with E-state index in [9.17, 15) is 9.50 Å². The highest BCUT2D eigenvalue weighted by Crippen LogP contribution is 2.36. The van der Waals surface area contributed by atoms with Crippen LogP contribution in [-0.4, -0.2) is 21.5 Å². The quantitative estimate of drug-likeness (QED) is 0.271. The van der Waals surface area contributed by atoms with Crippen LogP contribution >= 0.6 is 24.0 Å². The van der Waals surface area contributed by atoms with Gasteiger partial charge in [0, 0.05) is 23.6 Å². The zero-order chi connectivity index (χ0) is 22.3. The van der Waals surface area contributed by atoms with E-state index in [1.807, 2.05) is 6.07 Å². The molecule has 6 nitrogen and oxygen atoms in total. The Labute approximate surface area is 184 Å². The van der Waals surface area contributed by atoms with Gasteiger partial charge < -0.3 is 16.6 Å². The van der Waals surface area contributed by atoms with Crippen molar-refractivity contribution in [2.75, 3.05) is 5.73 Å². The maximum atomic E-state index is 14.4. The molecule has 0 spiro atoms. The molecule has 1 aliphatic rings. The minimum atomic E-state index is -0.828. The Morgan fingerprint density at radius 2 is 1.93 bits per heavy atom. The molecule has 160 valence electrons. The van der Waals surface area contributed by atoms with Crippen LogP contribution in [0.15, 0.2) is 41.0 Å². The van der Waals surface area contributed by atoms with Crippen molar-refractivity contribution in [2.24, 2.45) is 5.73 Å². The Morgan fingerprint density at radius 3 is 2.43 bits per heavy atom. The molecule has 9 heteroatoms. The van der Waals surface area contributed by atoms with Crippen molar-refractivity contribution < 1.29 is 14.3 Å². The lowest BCUT2D eigenvalue weighted by atomic mass is 9.98. The third-order valence-electron chi connectivity index (χ3n) is 4.35. The maximum absolute atomic E-state index is 14.4. The summed E-state index contributed by atoms with van der Waals surface area (Å²) in [7, 11) is 0. The second-order valence-electron chi connectivity index (χ2n) is 7.08. The summed E-state index contributed by atoms with van der Waals surface area (Å²) in [5.41, 5.74) is 13.1. The largest absolute Gasteiger partial charge is 0.398 e. The smallest absolute Gasteiger partial charge is 0.204 e. The number of carbonyl (C=O) groups is 1. The third-order valence-corrected chi connectivity index (χ3v) is 5.85. The molecule has 2 aromatic heterocycles. The molecule has 0 saturated heterocycles. The second-order valence-corrected chi connectivity index (χ2v) is 8.90. The minimum Gasteiger partial charge on any atom is -0.398 e. The number of nitrogens with two attached hydrogens (primary N) is 2. The van der Waals surface area contributed by atoms with Crippen LogP contribution in [0.1, 0.15) is 36.4 Å². The fourth-order valence-electron chi connectivity index (χ4n) is 3.07. The number of thiol groups is 1. The maximum Gasteiger partial charge on any atom is 0.204 e. The number of aryl methyl sites for hydroxylation is 1. The predicted molar refractivity (Wildman–Crippen MR) is 121 cm³/mol. The van der Waals surface area contributed by atoms with Gasteiger partial charge in [-0.1, -0.05) is 0 Å². The number of pyridine rings is 1. The lowest BCUT2D eigenvalue weighted by Crippen LogP contribution is -2.14. The molecule has 4 rings (SSSR count). The molecule has 30 heavy (non-hydrogen) atoms. The summed E-state index contributed by atoms with van der Waals surface area (Å²) in [6.07, 6.45) is 7.97. The molecule has 0 saturated carbocycles. The van der Waals surface area contributed by atoms with Gasteiger partial charge in [0.25, 0.3) is 0 Å². The van der Waals surface area contributed by atoms with E-state index < -0.39 is 5.60 Å². The molecule has 0 unspecified atom stereocenters. The Kier molecular flexibility index (Phi) is 8.33. The summed E-state index contributed by atoms with van der Waals surface area (Å²) in [4.78, 5) is 16.5. The molecular weight excluding hydrogens is 423 g/mol. The van der Waals surface area contributed by atoms with Gasteiger partial charge in [-0.25, -0.2) is 9.37 Å². The van der Waals surface area contributed by atoms with E-state index in [4.69, 9.17) is 10.5 Å². The van der Waals surface area contributed by atoms with Gasteiger partial charge in [-0.15, -0.1) is 24.0 Å². The van der Waals surface area contributed by atoms with E-state index in [2.05, 4.69) is 28.3 Å². The number of nitrogens with zero attached hydrogens (tertiary/aromatic N) is 2. The van der Waals surface area contributed by atoms with Crippen molar-refractivity contribution in [1.29, 1.82) is 0 Å². The van der Waals surface area contributed by atoms with Crippen LogP contribution in [0.5, 0.6) is 0 Å². The standard InChI is InChI=1S/C14H13FN2.C6H9NOS2.CH3NO/c15-14-11-3-1-2-10(11)8-12(16)13(14)9-4-6-17-7-5-9;1-6(2,8)5-7-3-4(9)10-5;2-1-3/h4-8H,1-3,16H2;3,8-9H,1-2H3;1H,(H2,2,3). The Morgan fingerprint density at radius 1 is 1.30 bits per heavy atom. The van der Waals surface area contributed by atoms with Crippen molar-refractivity contribution in [3.63, 3.8) is 0 Å². The van der Waals surface area contributed by atoms with Crippen LogP contribution in [0.3, 0.4) is 0 Å². The van der Waals surface area contributed by atoms with Gasteiger partial charge in [-0.2, -0.15) is 0 Å². The average molecular weight is 449 g/mol.